The molecule has 0 fully saturated rings. The molecule has 2 aromatic rings. The van der Waals surface area contributed by atoms with Gasteiger partial charge in [0.15, 0.2) is 0 Å². The van der Waals surface area contributed by atoms with Gasteiger partial charge in [0, 0.05) is 5.69 Å². The predicted molar refractivity (Wildman–Crippen MR) is 121 cm³/mol. The van der Waals surface area contributed by atoms with E-state index in [9.17, 15) is 24.6 Å². The molecule has 0 aliphatic carbocycles. The van der Waals surface area contributed by atoms with Crippen LogP contribution in [0.3, 0.4) is 0 Å². The number of carbonyl (C=O) groups excluding carboxylic acids is 2. The summed E-state index contributed by atoms with van der Waals surface area (Å²) in [6, 6.07) is 9.59. The molecule has 0 bridgehead atoms. The lowest BCUT2D eigenvalue weighted by Crippen LogP contribution is -2.46. The molecule has 0 saturated carbocycles. The van der Waals surface area contributed by atoms with Gasteiger partial charge in [-0.2, -0.15) is 0 Å². The summed E-state index contributed by atoms with van der Waals surface area (Å²) in [5.41, 5.74) is 5.98. The Morgan fingerprint density at radius 2 is 1.84 bits per heavy atom. The first-order valence-corrected chi connectivity index (χ1v) is 10.2. The van der Waals surface area contributed by atoms with Crippen LogP contribution in [0.25, 0.3) is 11.1 Å². The number of phenols is 1. The zero-order valence-electron chi connectivity index (χ0n) is 18.3. The van der Waals surface area contributed by atoms with Crippen molar-refractivity contribution in [1.82, 2.24) is 5.32 Å². The molecule has 1 atom stereocenters. The molecular formula is C23H29N3O6. The highest BCUT2D eigenvalue weighted by atomic mass is 16.6. The van der Waals surface area contributed by atoms with Crippen LogP contribution in [0, 0.1) is 0 Å². The third kappa shape index (κ3) is 7.28. The van der Waals surface area contributed by atoms with Gasteiger partial charge in [0.05, 0.1) is 5.56 Å². The summed E-state index contributed by atoms with van der Waals surface area (Å²) in [5.74, 6) is -1.65. The zero-order valence-corrected chi connectivity index (χ0v) is 18.3. The minimum atomic E-state index is -1.14. The van der Waals surface area contributed by atoms with Crippen molar-refractivity contribution in [3.63, 3.8) is 0 Å². The van der Waals surface area contributed by atoms with Crippen LogP contribution in [0.1, 0.15) is 44.0 Å². The molecule has 0 spiro atoms. The Morgan fingerprint density at radius 1 is 1.12 bits per heavy atom. The summed E-state index contributed by atoms with van der Waals surface area (Å²) in [7, 11) is 0. The van der Waals surface area contributed by atoms with Crippen LogP contribution in [-0.4, -0.2) is 46.4 Å². The molecule has 0 heterocycles. The number of nitrogens with one attached hydrogen (secondary N) is 2. The highest BCUT2D eigenvalue weighted by Crippen LogP contribution is 2.29. The van der Waals surface area contributed by atoms with E-state index in [2.05, 4.69) is 10.6 Å². The molecule has 2 rings (SSSR count). The van der Waals surface area contributed by atoms with Gasteiger partial charge < -0.3 is 31.3 Å². The number of benzene rings is 2. The Balaban J connectivity index is 2.28. The maximum Gasteiger partial charge on any atom is 0.408 e. The number of ether oxygens (including phenoxy) is 1. The Kier molecular flexibility index (Phi) is 8.20. The molecule has 0 aliphatic rings. The first-order valence-electron chi connectivity index (χ1n) is 10.2. The van der Waals surface area contributed by atoms with Gasteiger partial charge in [0.2, 0.25) is 5.91 Å². The number of hydrogen-bond acceptors (Lipinski definition) is 6. The third-order valence-corrected chi connectivity index (χ3v) is 4.38. The van der Waals surface area contributed by atoms with Crippen LogP contribution < -0.4 is 16.4 Å². The smallest absolute Gasteiger partial charge is 0.408 e. The fourth-order valence-electron chi connectivity index (χ4n) is 2.99. The molecule has 172 valence electrons. The second-order valence-corrected chi connectivity index (χ2v) is 8.23. The first-order chi connectivity index (χ1) is 15.0. The molecule has 9 heteroatoms. The topological polar surface area (TPSA) is 151 Å². The maximum absolute atomic E-state index is 12.9. The molecule has 0 aromatic heterocycles. The average Bonchev–Trinajstić information content (AvgIpc) is 2.69. The normalized spacial score (nSPS) is 12.0. The second-order valence-electron chi connectivity index (χ2n) is 8.23. The van der Waals surface area contributed by atoms with Crippen molar-refractivity contribution in [2.45, 2.75) is 45.3 Å². The Labute approximate surface area is 186 Å². The van der Waals surface area contributed by atoms with E-state index in [1.54, 1.807) is 32.9 Å². The highest BCUT2D eigenvalue weighted by Gasteiger charge is 2.24. The second kappa shape index (κ2) is 10.6. The zero-order chi connectivity index (χ0) is 23.9. The molecule has 0 unspecified atom stereocenters. The van der Waals surface area contributed by atoms with E-state index in [0.717, 1.165) is 0 Å². The molecule has 32 heavy (non-hydrogen) atoms. The summed E-state index contributed by atoms with van der Waals surface area (Å²) in [6.07, 6.45) is 0.0746. The minimum absolute atomic E-state index is 0.0140. The standard InChI is InChI=1S/C23H29N3O6/c1-23(2,3)32-22(31)26-19(8-5-11-24)20(28)25-15-9-10-17(21(29)30)18(13-15)14-6-4-7-16(27)12-14/h4,6-7,9-10,12-13,19,27H,5,8,11,24H2,1-3H3,(H,25,28)(H,26,31)(H,29,30)/t19-/m0/s1. The van der Waals surface area contributed by atoms with E-state index in [1.165, 1.54) is 30.3 Å². The molecular weight excluding hydrogens is 414 g/mol. The SMILES string of the molecule is CC(C)(C)OC(=O)N[C@@H](CCCN)C(=O)Nc1ccc(C(=O)O)c(-c2cccc(O)c2)c1. The number of aromatic hydroxyl groups is 1. The van der Waals surface area contributed by atoms with E-state index in [1.807, 2.05) is 0 Å². The van der Waals surface area contributed by atoms with Gasteiger partial charge in [-0.05, 0) is 81.6 Å². The van der Waals surface area contributed by atoms with E-state index < -0.39 is 29.6 Å². The lowest BCUT2D eigenvalue weighted by Gasteiger charge is -2.23. The molecule has 6 N–H and O–H groups in total. The van der Waals surface area contributed by atoms with Crippen molar-refractivity contribution >= 4 is 23.7 Å². The first kappa shape index (κ1) is 24.7. The van der Waals surface area contributed by atoms with Crippen LogP contribution in [-0.2, 0) is 9.53 Å². The van der Waals surface area contributed by atoms with Gasteiger partial charge in [-0.15, -0.1) is 0 Å². The van der Waals surface area contributed by atoms with Crippen molar-refractivity contribution in [1.29, 1.82) is 0 Å². The molecule has 0 radical (unpaired) electrons. The molecule has 0 aliphatic heterocycles. The molecule has 9 nitrogen and oxygen atoms in total. The molecule has 2 amide bonds. The summed E-state index contributed by atoms with van der Waals surface area (Å²) in [4.78, 5) is 36.7. The minimum Gasteiger partial charge on any atom is -0.508 e. The van der Waals surface area contributed by atoms with Crippen LogP contribution in [0.2, 0.25) is 0 Å². The van der Waals surface area contributed by atoms with Gasteiger partial charge in [-0.25, -0.2) is 9.59 Å². The maximum atomic E-state index is 12.9. The van der Waals surface area contributed by atoms with Crippen molar-refractivity contribution in [2.75, 3.05) is 11.9 Å². The van der Waals surface area contributed by atoms with Gasteiger partial charge in [-0.3, -0.25) is 4.79 Å². The van der Waals surface area contributed by atoms with E-state index in [0.29, 0.717) is 36.2 Å². The molecule has 2 aromatic carbocycles. The van der Waals surface area contributed by atoms with E-state index >= 15 is 0 Å². The van der Waals surface area contributed by atoms with Gasteiger partial charge in [-0.1, -0.05) is 12.1 Å². The number of amides is 2. The highest BCUT2D eigenvalue weighted by molar-refractivity contribution is 6.00. The van der Waals surface area contributed by atoms with Crippen molar-refractivity contribution < 1.29 is 29.3 Å². The lowest BCUT2D eigenvalue weighted by molar-refractivity contribution is -0.118. The number of carbonyl (C=O) groups is 3. The monoisotopic (exact) mass is 443 g/mol. The summed E-state index contributed by atoms with van der Waals surface area (Å²) >= 11 is 0. The quantitative estimate of drug-likeness (QED) is 0.420. The number of hydrogen-bond donors (Lipinski definition) is 5. The predicted octanol–water partition coefficient (Wildman–Crippen LogP) is 3.33. The fourth-order valence-corrected chi connectivity index (χ4v) is 2.99. The summed E-state index contributed by atoms with van der Waals surface area (Å²) in [5, 5.41) is 24.5. The van der Waals surface area contributed by atoms with Crippen LogP contribution in [0.4, 0.5) is 10.5 Å². The van der Waals surface area contributed by atoms with E-state index in [-0.39, 0.29) is 11.3 Å². The average molecular weight is 444 g/mol. The number of nitrogens with two attached hydrogens (primary N) is 1. The number of anilines is 1. The third-order valence-electron chi connectivity index (χ3n) is 4.38. The van der Waals surface area contributed by atoms with Crippen LogP contribution in [0.15, 0.2) is 42.5 Å². The molecule has 0 saturated heterocycles. The number of rotatable bonds is 8. The number of phenolic OH excluding ortho intramolecular Hbond substituents is 1. The van der Waals surface area contributed by atoms with Crippen LogP contribution in [0.5, 0.6) is 5.75 Å². The largest absolute Gasteiger partial charge is 0.508 e. The van der Waals surface area contributed by atoms with Crippen molar-refractivity contribution in [2.24, 2.45) is 5.73 Å². The number of carboxylic acid groups (broad SMARTS) is 1. The number of carboxylic acids is 1. The Bertz CT molecular complexity index is 984. The van der Waals surface area contributed by atoms with E-state index in [4.69, 9.17) is 10.5 Å². The van der Waals surface area contributed by atoms with Crippen LogP contribution >= 0.6 is 0 Å². The van der Waals surface area contributed by atoms with Gasteiger partial charge in [0.25, 0.3) is 0 Å². The van der Waals surface area contributed by atoms with Gasteiger partial charge >= 0.3 is 12.1 Å². The summed E-state index contributed by atoms with van der Waals surface area (Å²) < 4.78 is 5.23. The van der Waals surface area contributed by atoms with Crippen molar-refractivity contribution in [3.8, 4) is 16.9 Å². The summed E-state index contributed by atoms with van der Waals surface area (Å²) in [6.45, 7) is 5.49. The number of alkyl carbamates (subject to hydrolysis) is 1. The van der Waals surface area contributed by atoms with Gasteiger partial charge in [0.1, 0.15) is 17.4 Å². The fraction of sp³-hybridized carbons (Fsp3) is 0.348. The van der Waals surface area contributed by atoms with Crippen molar-refractivity contribution in [3.05, 3.63) is 48.0 Å². The number of aromatic carboxylic acids is 1. The lowest BCUT2D eigenvalue weighted by atomic mass is 9.98. The Morgan fingerprint density at radius 3 is 2.44 bits per heavy atom. The Hall–Kier alpha value is -3.59.